The number of alkyl halides is 3. The predicted octanol–water partition coefficient (Wildman–Crippen LogP) is 4.63. The maximum atomic E-state index is 14.0. The fraction of sp³-hybridized carbons (Fsp3) is 0.273. The summed E-state index contributed by atoms with van der Waals surface area (Å²) in [6.07, 6.45) is -0.771. The van der Waals surface area contributed by atoms with Gasteiger partial charge < -0.3 is 9.64 Å². The number of halogens is 4. The van der Waals surface area contributed by atoms with E-state index >= 15 is 0 Å². The van der Waals surface area contributed by atoms with Crippen molar-refractivity contribution in [1.29, 1.82) is 0 Å². The van der Waals surface area contributed by atoms with Gasteiger partial charge in [0.05, 0.1) is 17.2 Å². The summed E-state index contributed by atoms with van der Waals surface area (Å²) in [6.45, 7) is 3.73. The summed E-state index contributed by atoms with van der Waals surface area (Å²) in [4.78, 5) is 26.6. The van der Waals surface area contributed by atoms with E-state index in [4.69, 9.17) is 4.74 Å². The first-order valence-electron chi connectivity index (χ1n) is 9.74. The number of carbonyl (C=O) groups is 1. The molecule has 168 valence electrons. The van der Waals surface area contributed by atoms with Gasteiger partial charge in [-0.25, -0.2) is 19.3 Å². The Labute approximate surface area is 181 Å². The molecule has 0 unspecified atom stereocenters. The molecular formula is C22H20F4N4O2. The highest BCUT2D eigenvalue weighted by Gasteiger charge is 2.31. The summed E-state index contributed by atoms with van der Waals surface area (Å²) in [6, 6.07) is 6.92. The molecule has 1 atom stereocenters. The fourth-order valence-electron chi connectivity index (χ4n) is 3.07. The van der Waals surface area contributed by atoms with Crippen molar-refractivity contribution >= 4 is 5.91 Å². The highest BCUT2D eigenvalue weighted by molar-refractivity contribution is 6.00. The second-order valence-electron chi connectivity index (χ2n) is 6.90. The van der Waals surface area contributed by atoms with E-state index in [0.717, 1.165) is 18.2 Å². The average Bonchev–Trinajstić information content (AvgIpc) is 2.78. The van der Waals surface area contributed by atoms with Crippen LogP contribution in [0.5, 0.6) is 5.88 Å². The Morgan fingerprint density at radius 2 is 1.84 bits per heavy atom. The topological polar surface area (TPSA) is 68.2 Å². The van der Waals surface area contributed by atoms with Gasteiger partial charge in [-0.15, -0.1) is 0 Å². The van der Waals surface area contributed by atoms with Gasteiger partial charge in [-0.3, -0.25) is 4.79 Å². The molecule has 10 heteroatoms. The lowest BCUT2D eigenvalue weighted by Crippen LogP contribution is -2.42. The van der Waals surface area contributed by atoms with E-state index in [1.54, 1.807) is 19.9 Å². The SMILES string of the molecule is CCN(C(=O)c1cc(F)ccc1-c1ncccn1)[C@@H](C)COc1ccc(C(F)(F)F)cn1. The van der Waals surface area contributed by atoms with Gasteiger partial charge in [-0.2, -0.15) is 13.2 Å². The molecule has 2 heterocycles. The molecule has 0 saturated heterocycles. The van der Waals surface area contributed by atoms with Crippen molar-refractivity contribution in [1.82, 2.24) is 19.9 Å². The zero-order valence-corrected chi connectivity index (χ0v) is 17.3. The number of rotatable bonds is 7. The Kier molecular flexibility index (Phi) is 7.01. The molecular weight excluding hydrogens is 428 g/mol. The number of hydrogen-bond donors (Lipinski definition) is 0. The molecule has 1 aromatic carbocycles. The Morgan fingerprint density at radius 1 is 1.12 bits per heavy atom. The maximum Gasteiger partial charge on any atom is 0.417 e. The van der Waals surface area contributed by atoms with E-state index in [0.29, 0.717) is 11.8 Å². The van der Waals surface area contributed by atoms with Crippen molar-refractivity contribution < 1.29 is 27.1 Å². The third kappa shape index (κ3) is 5.37. The molecule has 1 amide bonds. The molecule has 0 radical (unpaired) electrons. The molecule has 0 bridgehead atoms. The van der Waals surface area contributed by atoms with Crippen LogP contribution in [0, 0.1) is 5.82 Å². The summed E-state index contributed by atoms with van der Waals surface area (Å²) in [5, 5.41) is 0. The van der Waals surface area contributed by atoms with Crippen LogP contribution >= 0.6 is 0 Å². The van der Waals surface area contributed by atoms with Crippen molar-refractivity contribution in [3.8, 4) is 17.3 Å². The second kappa shape index (κ2) is 9.71. The Morgan fingerprint density at radius 3 is 2.44 bits per heavy atom. The molecule has 6 nitrogen and oxygen atoms in total. The molecule has 32 heavy (non-hydrogen) atoms. The standard InChI is InChI=1S/C22H20F4N4O2/c1-3-30(14(2)13-32-19-8-5-15(12-29-19)22(24,25)26)21(31)18-11-16(23)6-7-17(18)20-27-9-4-10-28-20/h4-12,14H,3,13H2,1-2H3/t14-/m0/s1. The minimum Gasteiger partial charge on any atom is -0.475 e. The molecule has 0 aliphatic carbocycles. The lowest BCUT2D eigenvalue weighted by Gasteiger charge is -2.28. The van der Waals surface area contributed by atoms with Gasteiger partial charge in [-0.05, 0) is 44.2 Å². The predicted molar refractivity (Wildman–Crippen MR) is 108 cm³/mol. The number of pyridine rings is 1. The summed E-state index contributed by atoms with van der Waals surface area (Å²) >= 11 is 0. The summed E-state index contributed by atoms with van der Waals surface area (Å²) in [5.41, 5.74) is -0.407. The third-order valence-electron chi connectivity index (χ3n) is 4.69. The molecule has 0 spiro atoms. The van der Waals surface area contributed by atoms with Crippen LogP contribution in [0.2, 0.25) is 0 Å². The largest absolute Gasteiger partial charge is 0.475 e. The van der Waals surface area contributed by atoms with Crippen LogP contribution in [-0.4, -0.2) is 45.0 Å². The van der Waals surface area contributed by atoms with E-state index in [-0.39, 0.29) is 30.4 Å². The molecule has 0 aliphatic rings. The number of hydrogen-bond acceptors (Lipinski definition) is 5. The van der Waals surface area contributed by atoms with Crippen LogP contribution in [0.15, 0.2) is 55.0 Å². The van der Waals surface area contributed by atoms with E-state index < -0.39 is 29.5 Å². The Bertz CT molecular complexity index is 1060. The van der Waals surface area contributed by atoms with Gasteiger partial charge in [0.25, 0.3) is 5.91 Å². The molecule has 0 saturated carbocycles. The smallest absolute Gasteiger partial charge is 0.417 e. The highest BCUT2D eigenvalue weighted by Crippen LogP contribution is 2.29. The monoisotopic (exact) mass is 448 g/mol. The van der Waals surface area contributed by atoms with Crippen molar-refractivity contribution in [2.75, 3.05) is 13.2 Å². The molecule has 0 N–H and O–H groups in total. The summed E-state index contributed by atoms with van der Waals surface area (Å²) < 4.78 is 57.4. The van der Waals surface area contributed by atoms with Crippen molar-refractivity contribution in [3.05, 3.63) is 71.9 Å². The molecule has 3 aromatic rings. The van der Waals surface area contributed by atoms with Crippen LogP contribution in [0.3, 0.4) is 0 Å². The maximum absolute atomic E-state index is 14.0. The molecule has 2 aromatic heterocycles. The molecule has 0 fully saturated rings. The number of nitrogens with zero attached hydrogens (tertiary/aromatic N) is 4. The number of likely N-dealkylation sites (N-methyl/N-ethyl adjacent to an activating group) is 1. The van der Waals surface area contributed by atoms with E-state index in [1.807, 2.05) is 0 Å². The van der Waals surface area contributed by atoms with Gasteiger partial charge in [0, 0.05) is 36.8 Å². The van der Waals surface area contributed by atoms with Crippen molar-refractivity contribution in [2.45, 2.75) is 26.1 Å². The van der Waals surface area contributed by atoms with Crippen molar-refractivity contribution in [2.24, 2.45) is 0 Å². The quantitative estimate of drug-likeness (QED) is 0.493. The zero-order valence-electron chi connectivity index (χ0n) is 17.3. The molecule has 3 rings (SSSR count). The number of benzene rings is 1. The highest BCUT2D eigenvalue weighted by atomic mass is 19.4. The number of aromatic nitrogens is 3. The van der Waals surface area contributed by atoms with Gasteiger partial charge in [0.15, 0.2) is 5.82 Å². The van der Waals surface area contributed by atoms with Crippen molar-refractivity contribution in [3.63, 3.8) is 0 Å². The summed E-state index contributed by atoms with van der Waals surface area (Å²) in [7, 11) is 0. The van der Waals surface area contributed by atoms with Gasteiger partial charge in [-0.1, -0.05) is 0 Å². The van der Waals surface area contributed by atoms with E-state index in [9.17, 15) is 22.4 Å². The van der Waals surface area contributed by atoms with Crippen LogP contribution in [0.4, 0.5) is 17.6 Å². The Hall–Kier alpha value is -3.56. The first kappa shape index (κ1) is 23.1. The first-order chi connectivity index (χ1) is 15.2. The number of ether oxygens (including phenoxy) is 1. The normalized spacial score (nSPS) is 12.3. The third-order valence-corrected chi connectivity index (χ3v) is 4.69. The number of amides is 1. The first-order valence-corrected chi connectivity index (χ1v) is 9.74. The number of carbonyl (C=O) groups excluding carboxylic acids is 1. The average molecular weight is 448 g/mol. The lowest BCUT2D eigenvalue weighted by molar-refractivity contribution is -0.137. The van der Waals surface area contributed by atoms with Gasteiger partial charge >= 0.3 is 6.18 Å². The zero-order chi connectivity index (χ0) is 23.3. The minimum atomic E-state index is -4.49. The van der Waals surface area contributed by atoms with Crippen LogP contribution in [0.1, 0.15) is 29.8 Å². The van der Waals surface area contributed by atoms with Crippen LogP contribution in [-0.2, 0) is 6.18 Å². The van der Waals surface area contributed by atoms with E-state index in [1.165, 1.54) is 29.4 Å². The minimum absolute atomic E-state index is 0.00233. The molecule has 0 aliphatic heterocycles. The Balaban J connectivity index is 1.77. The van der Waals surface area contributed by atoms with E-state index in [2.05, 4.69) is 15.0 Å². The van der Waals surface area contributed by atoms with Gasteiger partial charge in [0.2, 0.25) is 5.88 Å². The van der Waals surface area contributed by atoms with Crippen LogP contribution in [0.25, 0.3) is 11.4 Å². The fourth-order valence-corrected chi connectivity index (χ4v) is 3.07. The van der Waals surface area contributed by atoms with Crippen LogP contribution < -0.4 is 4.74 Å². The summed E-state index contributed by atoms with van der Waals surface area (Å²) in [5.74, 6) is -0.755. The van der Waals surface area contributed by atoms with Gasteiger partial charge in [0.1, 0.15) is 12.4 Å². The lowest BCUT2D eigenvalue weighted by atomic mass is 10.0. The second-order valence-corrected chi connectivity index (χ2v) is 6.90.